The SMILES string of the molecule is COC(=O)C1=C(C2CCC(NS(=O)(=O)CCCO)CC2)NC(c2nccs2)=NC1c1ccc(F)c(F)c1Cl. The number of hydrogen-bond acceptors (Lipinski definition) is 9. The largest absolute Gasteiger partial charge is 0.466 e. The van der Waals surface area contributed by atoms with E-state index >= 15 is 0 Å². The minimum atomic E-state index is -3.53. The highest BCUT2D eigenvalue weighted by Gasteiger charge is 2.38. The second-order valence-electron chi connectivity index (χ2n) is 8.99. The summed E-state index contributed by atoms with van der Waals surface area (Å²) in [5, 5.41) is 14.0. The maximum absolute atomic E-state index is 14.5. The minimum Gasteiger partial charge on any atom is -0.466 e. The quantitative estimate of drug-likeness (QED) is 0.302. The second-order valence-corrected chi connectivity index (χ2v) is 12.1. The van der Waals surface area contributed by atoms with Crippen LogP contribution in [-0.2, 0) is 19.6 Å². The Labute approximate surface area is 228 Å². The van der Waals surface area contributed by atoms with E-state index in [2.05, 4.69) is 20.0 Å². The Morgan fingerprint density at radius 3 is 2.66 bits per heavy atom. The summed E-state index contributed by atoms with van der Waals surface area (Å²) in [4.78, 5) is 22.0. The van der Waals surface area contributed by atoms with E-state index in [1.54, 1.807) is 11.6 Å². The van der Waals surface area contributed by atoms with Gasteiger partial charge in [0, 0.05) is 35.5 Å². The number of esters is 1. The molecule has 9 nitrogen and oxygen atoms in total. The Kier molecular flexibility index (Phi) is 9.14. The van der Waals surface area contributed by atoms with Crippen LogP contribution in [0.3, 0.4) is 0 Å². The van der Waals surface area contributed by atoms with Crippen molar-refractivity contribution in [1.82, 2.24) is 15.0 Å². The predicted octanol–water partition coefficient (Wildman–Crippen LogP) is 3.45. The number of carbonyl (C=O) groups is 1. The van der Waals surface area contributed by atoms with Gasteiger partial charge in [0.1, 0.15) is 6.04 Å². The fourth-order valence-corrected chi connectivity index (χ4v) is 6.93. The van der Waals surface area contributed by atoms with Gasteiger partial charge in [-0.15, -0.1) is 11.3 Å². The molecule has 0 bridgehead atoms. The molecule has 2 aliphatic rings. The lowest BCUT2D eigenvalue weighted by atomic mass is 9.80. The van der Waals surface area contributed by atoms with E-state index in [0.29, 0.717) is 42.2 Å². The Morgan fingerprint density at radius 1 is 1.29 bits per heavy atom. The van der Waals surface area contributed by atoms with Gasteiger partial charge < -0.3 is 15.2 Å². The molecule has 0 amide bonds. The molecule has 38 heavy (non-hydrogen) atoms. The number of methoxy groups -OCH3 is 1. The Morgan fingerprint density at radius 2 is 2.03 bits per heavy atom. The van der Waals surface area contributed by atoms with Crippen molar-refractivity contribution in [3.63, 3.8) is 0 Å². The smallest absolute Gasteiger partial charge is 0.338 e. The minimum absolute atomic E-state index is 0.101. The molecule has 0 saturated heterocycles. The molecule has 0 radical (unpaired) electrons. The summed E-state index contributed by atoms with van der Waals surface area (Å²) in [7, 11) is -2.31. The number of nitrogens with one attached hydrogen (secondary N) is 2. The molecule has 1 atom stereocenters. The van der Waals surface area contributed by atoms with E-state index < -0.39 is 38.7 Å². The zero-order chi connectivity index (χ0) is 27.4. The van der Waals surface area contributed by atoms with Gasteiger partial charge in [-0.05, 0) is 44.1 Å². The number of amidine groups is 1. The average molecular weight is 589 g/mol. The Hall–Kier alpha value is -2.45. The van der Waals surface area contributed by atoms with Gasteiger partial charge in [0.05, 0.1) is 23.5 Å². The fourth-order valence-electron chi connectivity index (χ4n) is 4.72. The number of aliphatic imine (C=N–C) groups is 1. The lowest BCUT2D eigenvalue weighted by Gasteiger charge is -2.35. The third-order valence-corrected chi connectivity index (χ3v) is 9.21. The van der Waals surface area contributed by atoms with Gasteiger partial charge in [-0.1, -0.05) is 17.7 Å². The van der Waals surface area contributed by atoms with Crippen molar-refractivity contribution in [3.8, 4) is 0 Å². The Bertz CT molecular complexity index is 1340. The molecule has 0 spiro atoms. The summed E-state index contributed by atoms with van der Waals surface area (Å²) in [6, 6.07) is 0.845. The number of hydrogen-bond donors (Lipinski definition) is 3. The number of aromatic nitrogens is 1. The van der Waals surface area contributed by atoms with Crippen LogP contribution in [-0.4, -0.2) is 55.8 Å². The molecule has 1 unspecified atom stereocenters. The van der Waals surface area contributed by atoms with Crippen LogP contribution in [0.2, 0.25) is 5.02 Å². The van der Waals surface area contributed by atoms with Crippen molar-refractivity contribution in [1.29, 1.82) is 0 Å². The van der Waals surface area contributed by atoms with Crippen LogP contribution in [0.5, 0.6) is 0 Å². The van der Waals surface area contributed by atoms with E-state index in [4.69, 9.17) is 21.4 Å². The number of aliphatic hydroxyl groups is 1. The maximum atomic E-state index is 14.5. The van der Waals surface area contributed by atoms with Gasteiger partial charge in [0.2, 0.25) is 10.0 Å². The summed E-state index contributed by atoms with van der Waals surface area (Å²) >= 11 is 7.50. The van der Waals surface area contributed by atoms with E-state index in [1.807, 2.05) is 0 Å². The standard InChI is InChI=1S/C24H27ClF2N4O5S2/c1-36-24(33)17-20(13-3-5-14(6-4-13)31-38(34,35)12-2-10-32)29-22(23-28-9-11-37-23)30-21(17)15-7-8-16(26)19(27)18(15)25/h7-9,11,13-14,21,31-32H,2-6,10,12H2,1H3,(H,29,30). The van der Waals surface area contributed by atoms with Crippen molar-refractivity contribution in [3.05, 3.63) is 62.2 Å². The molecule has 1 aliphatic carbocycles. The zero-order valence-corrected chi connectivity index (χ0v) is 22.8. The van der Waals surface area contributed by atoms with Gasteiger partial charge >= 0.3 is 5.97 Å². The summed E-state index contributed by atoms with van der Waals surface area (Å²) < 4.78 is 60.6. The molecule has 206 valence electrons. The highest BCUT2D eigenvalue weighted by atomic mass is 35.5. The maximum Gasteiger partial charge on any atom is 0.338 e. The first-order valence-corrected chi connectivity index (χ1v) is 14.9. The zero-order valence-electron chi connectivity index (χ0n) is 20.4. The van der Waals surface area contributed by atoms with Crippen molar-refractivity contribution in [2.45, 2.75) is 44.2 Å². The molecule has 1 fully saturated rings. The highest BCUT2D eigenvalue weighted by Crippen LogP contribution is 2.41. The third-order valence-electron chi connectivity index (χ3n) is 6.53. The molecular formula is C24H27ClF2N4O5S2. The van der Waals surface area contributed by atoms with Crippen molar-refractivity contribution in [2.24, 2.45) is 10.9 Å². The summed E-state index contributed by atoms with van der Waals surface area (Å²) in [6.45, 7) is -0.212. The van der Waals surface area contributed by atoms with E-state index in [9.17, 15) is 22.0 Å². The molecule has 4 rings (SSSR count). The molecule has 1 aliphatic heterocycles. The fraction of sp³-hybridized carbons (Fsp3) is 0.458. The summed E-state index contributed by atoms with van der Waals surface area (Å²) in [5.74, 6) is -3.09. The van der Waals surface area contributed by atoms with Crippen LogP contribution in [0.1, 0.15) is 48.7 Å². The van der Waals surface area contributed by atoms with Crippen molar-refractivity contribution < 1.29 is 31.8 Å². The average Bonchev–Trinajstić information content (AvgIpc) is 3.45. The normalized spacial score (nSPS) is 22.1. The number of ether oxygens (including phenoxy) is 1. The van der Waals surface area contributed by atoms with Gasteiger partial charge in [-0.25, -0.2) is 31.7 Å². The molecule has 1 aromatic heterocycles. The number of rotatable bonds is 9. The number of benzene rings is 1. The number of sulfonamides is 1. The second kappa shape index (κ2) is 12.2. The number of carbonyl (C=O) groups excluding carboxylic acids is 1. The molecular weight excluding hydrogens is 562 g/mol. The topological polar surface area (TPSA) is 130 Å². The Balaban J connectivity index is 1.70. The molecule has 3 N–H and O–H groups in total. The van der Waals surface area contributed by atoms with Gasteiger partial charge in [-0.2, -0.15) is 0 Å². The van der Waals surface area contributed by atoms with Crippen LogP contribution in [0.4, 0.5) is 8.78 Å². The van der Waals surface area contributed by atoms with Crippen LogP contribution < -0.4 is 10.0 Å². The lowest BCUT2D eigenvalue weighted by Crippen LogP contribution is -2.42. The van der Waals surface area contributed by atoms with Crippen molar-refractivity contribution >= 4 is 44.8 Å². The van der Waals surface area contributed by atoms with Crippen LogP contribution in [0.15, 0.2) is 40.0 Å². The van der Waals surface area contributed by atoms with Crippen LogP contribution >= 0.6 is 22.9 Å². The summed E-state index contributed by atoms with van der Waals surface area (Å²) in [6.07, 6.45) is 3.80. The molecule has 1 saturated carbocycles. The number of allylic oxidation sites excluding steroid dienone is 1. The summed E-state index contributed by atoms with van der Waals surface area (Å²) in [5.41, 5.74) is 0.724. The van der Waals surface area contributed by atoms with Crippen molar-refractivity contribution in [2.75, 3.05) is 19.5 Å². The molecule has 14 heteroatoms. The van der Waals surface area contributed by atoms with E-state index in [0.717, 1.165) is 6.07 Å². The predicted molar refractivity (Wildman–Crippen MR) is 139 cm³/mol. The van der Waals surface area contributed by atoms with Crippen LogP contribution in [0.25, 0.3) is 0 Å². The first-order chi connectivity index (χ1) is 18.1. The molecule has 2 heterocycles. The third kappa shape index (κ3) is 6.23. The monoisotopic (exact) mass is 588 g/mol. The van der Waals surface area contributed by atoms with Crippen LogP contribution in [0, 0.1) is 17.6 Å². The number of halogens is 3. The number of thiazole rings is 1. The number of nitrogens with zero attached hydrogens (tertiary/aromatic N) is 2. The van der Waals surface area contributed by atoms with Gasteiger partial charge in [0.25, 0.3) is 0 Å². The first kappa shape index (κ1) is 28.6. The molecule has 2 aromatic rings. The van der Waals surface area contributed by atoms with Gasteiger partial charge in [0.15, 0.2) is 22.5 Å². The molecule has 1 aromatic carbocycles. The van der Waals surface area contributed by atoms with E-state index in [1.165, 1.54) is 24.5 Å². The lowest BCUT2D eigenvalue weighted by molar-refractivity contribution is -0.136. The first-order valence-electron chi connectivity index (χ1n) is 12.0. The highest BCUT2D eigenvalue weighted by molar-refractivity contribution is 7.89. The number of aliphatic hydroxyl groups excluding tert-OH is 1. The van der Waals surface area contributed by atoms with Gasteiger partial charge in [-0.3, -0.25) is 4.99 Å². The van der Waals surface area contributed by atoms with E-state index in [-0.39, 0.29) is 41.9 Å².